The first-order valence-corrected chi connectivity index (χ1v) is 11.4. The van der Waals surface area contributed by atoms with Crippen LogP contribution in [0.25, 0.3) is 6.08 Å². The molecule has 0 aromatic carbocycles. The lowest BCUT2D eigenvalue weighted by Gasteiger charge is -2.30. The summed E-state index contributed by atoms with van der Waals surface area (Å²) >= 11 is 0. The van der Waals surface area contributed by atoms with Gasteiger partial charge < -0.3 is 19.9 Å². The van der Waals surface area contributed by atoms with Crippen molar-refractivity contribution in [1.29, 1.82) is 0 Å². The number of amides is 2. The Hall–Kier alpha value is -2.23. The maximum Gasteiger partial charge on any atom is 0.242 e. The zero-order valence-corrected chi connectivity index (χ0v) is 20.1. The third kappa shape index (κ3) is 6.17. The van der Waals surface area contributed by atoms with Gasteiger partial charge in [0.15, 0.2) is 0 Å². The maximum atomic E-state index is 12.9. The van der Waals surface area contributed by atoms with Crippen LogP contribution in [-0.4, -0.2) is 90.7 Å². The Morgan fingerprint density at radius 3 is 2.56 bits per heavy atom. The van der Waals surface area contributed by atoms with Crippen LogP contribution in [0.4, 0.5) is 0 Å². The smallest absolute Gasteiger partial charge is 0.242 e. The molecule has 2 aliphatic rings. The molecule has 2 aliphatic heterocycles. The number of nitrogens with one attached hydrogen (secondary N) is 2. The van der Waals surface area contributed by atoms with Gasteiger partial charge in [-0.3, -0.25) is 19.4 Å². The molecule has 1 saturated heterocycles. The maximum absolute atomic E-state index is 12.9. The highest BCUT2D eigenvalue weighted by atomic mass is 16.5. The molecule has 1 atom stereocenters. The molecule has 1 aromatic rings. The lowest BCUT2D eigenvalue weighted by molar-refractivity contribution is -0.131. The summed E-state index contributed by atoms with van der Waals surface area (Å²) in [6.07, 6.45) is 4.36. The molecule has 2 N–H and O–H groups in total. The number of nitrogens with zero attached hydrogens (tertiary/aromatic N) is 4. The zero-order valence-electron chi connectivity index (χ0n) is 20.1. The van der Waals surface area contributed by atoms with Crippen LogP contribution in [0.2, 0.25) is 0 Å². The summed E-state index contributed by atoms with van der Waals surface area (Å²) in [4.78, 5) is 34.6. The average molecular weight is 447 g/mol. The Bertz CT molecular complexity index is 836. The molecule has 0 radical (unpaired) electrons. The molecule has 178 valence electrons. The molecule has 9 nitrogen and oxygen atoms in total. The monoisotopic (exact) mass is 446 g/mol. The van der Waals surface area contributed by atoms with E-state index in [1.54, 1.807) is 7.05 Å². The van der Waals surface area contributed by atoms with E-state index in [9.17, 15) is 9.59 Å². The molecule has 9 heteroatoms. The lowest BCUT2D eigenvalue weighted by atomic mass is 9.86. The van der Waals surface area contributed by atoms with Crippen LogP contribution in [0, 0.1) is 5.41 Å². The fourth-order valence-electron chi connectivity index (χ4n) is 4.13. The first-order chi connectivity index (χ1) is 15.2. The molecule has 3 rings (SSSR count). The van der Waals surface area contributed by atoms with E-state index < -0.39 is 11.5 Å². The second-order valence-corrected chi connectivity index (χ2v) is 9.73. The molecule has 1 fully saturated rings. The summed E-state index contributed by atoms with van der Waals surface area (Å²) in [6.45, 7) is 12.7. The summed E-state index contributed by atoms with van der Waals surface area (Å²) in [5.41, 5.74) is 1.47. The third-order valence-electron chi connectivity index (χ3n) is 6.05. The van der Waals surface area contributed by atoms with Gasteiger partial charge in [0, 0.05) is 46.3 Å². The molecule has 32 heavy (non-hydrogen) atoms. The number of likely N-dealkylation sites (N-methyl/N-ethyl adjacent to an activating group) is 2. The van der Waals surface area contributed by atoms with Crippen LogP contribution in [0.5, 0.6) is 0 Å². The minimum atomic E-state index is -0.603. The number of rotatable bonds is 7. The summed E-state index contributed by atoms with van der Waals surface area (Å²) in [6, 6.07) is -0.603. The van der Waals surface area contributed by atoms with Gasteiger partial charge in [0.05, 0.1) is 31.0 Å². The van der Waals surface area contributed by atoms with E-state index in [0.29, 0.717) is 0 Å². The van der Waals surface area contributed by atoms with E-state index in [0.717, 1.165) is 69.7 Å². The van der Waals surface area contributed by atoms with Crippen molar-refractivity contribution in [3.63, 3.8) is 0 Å². The molecule has 0 unspecified atom stereocenters. The Labute approximate surface area is 191 Å². The Morgan fingerprint density at radius 1 is 1.19 bits per heavy atom. The molecule has 1 aromatic heterocycles. The zero-order chi connectivity index (χ0) is 23.3. The number of hydrogen-bond donors (Lipinski definition) is 2. The van der Waals surface area contributed by atoms with Gasteiger partial charge >= 0.3 is 0 Å². The van der Waals surface area contributed by atoms with Crippen molar-refractivity contribution in [2.24, 2.45) is 5.41 Å². The molecule has 0 saturated carbocycles. The van der Waals surface area contributed by atoms with Crippen molar-refractivity contribution in [3.8, 4) is 0 Å². The van der Waals surface area contributed by atoms with Gasteiger partial charge in [0.25, 0.3) is 0 Å². The number of carbonyl (C=O) groups is 2. The predicted molar refractivity (Wildman–Crippen MR) is 124 cm³/mol. The van der Waals surface area contributed by atoms with E-state index in [-0.39, 0.29) is 18.2 Å². The van der Waals surface area contributed by atoms with E-state index in [2.05, 4.69) is 44.2 Å². The molecule has 0 aliphatic carbocycles. The van der Waals surface area contributed by atoms with E-state index in [1.165, 1.54) is 0 Å². The fraction of sp³-hybridized carbons (Fsp3) is 0.696. The number of aromatic nitrogens is 2. The van der Waals surface area contributed by atoms with Gasteiger partial charge in [0.1, 0.15) is 11.9 Å². The van der Waals surface area contributed by atoms with Gasteiger partial charge in [0.2, 0.25) is 11.8 Å². The summed E-state index contributed by atoms with van der Waals surface area (Å²) in [5.74, 6) is 0.513. The number of morpholine rings is 1. The topological polar surface area (TPSA) is 91.7 Å². The van der Waals surface area contributed by atoms with Crippen LogP contribution >= 0.6 is 0 Å². The van der Waals surface area contributed by atoms with Crippen molar-refractivity contribution >= 4 is 17.9 Å². The van der Waals surface area contributed by atoms with Gasteiger partial charge in [-0.2, -0.15) is 0 Å². The lowest BCUT2D eigenvalue weighted by Crippen LogP contribution is -2.53. The molecular formula is C23H38N6O3. The van der Waals surface area contributed by atoms with Crippen molar-refractivity contribution in [3.05, 3.63) is 23.3 Å². The standard InChI is InChI=1S/C23H38N6O3/c1-23(2,3)21(22(31)24-4)26-20(30)15-17-18-16-27(5)9-10-29(18)19(25-17)7-6-8-28-11-13-32-14-12-28/h6-7,21H,8-16H2,1-5H3,(H,24,31)(H,26,30)/b7-6+/t21-/m1/s1. The Balaban J connectivity index is 1.74. The second kappa shape index (κ2) is 10.6. The third-order valence-corrected chi connectivity index (χ3v) is 6.05. The number of imidazole rings is 1. The van der Waals surface area contributed by atoms with Crippen LogP contribution in [0.15, 0.2) is 6.08 Å². The van der Waals surface area contributed by atoms with Crippen LogP contribution in [0.3, 0.4) is 0 Å². The van der Waals surface area contributed by atoms with Crippen molar-refractivity contribution in [1.82, 2.24) is 30.0 Å². The first-order valence-electron chi connectivity index (χ1n) is 11.4. The van der Waals surface area contributed by atoms with E-state index in [1.807, 2.05) is 20.8 Å². The first kappa shape index (κ1) is 24.4. The van der Waals surface area contributed by atoms with Gasteiger partial charge in [-0.05, 0) is 18.5 Å². The van der Waals surface area contributed by atoms with Crippen molar-refractivity contribution in [2.45, 2.75) is 46.3 Å². The van der Waals surface area contributed by atoms with Crippen molar-refractivity contribution < 1.29 is 14.3 Å². The number of ether oxygens (including phenoxy) is 1. The average Bonchev–Trinajstić information content (AvgIpc) is 3.07. The normalized spacial score (nSPS) is 19.0. The Kier molecular flexibility index (Phi) is 8.08. The van der Waals surface area contributed by atoms with Crippen LogP contribution in [-0.2, 0) is 33.8 Å². The summed E-state index contributed by atoms with van der Waals surface area (Å²) in [7, 11) is 3.67. The molecule has 0 spiro atoms. The highest BCUT2D eigenvalue weighted by Gasteiger charge is 2.32. The van der Waals surface area contributed by atoms with Crippen molar-refractivity contribution in [2.75, 3.05) is 53.5 Å². The molecule has 2 amide bonds. The number of fused-ring (bicyclic) bond motifs is 1. The van der Waals surface area contributed by atoms with E-state index in [4.69, 9.17) is 9.72 Å². The summed E-state index contributed by atoms with van der Waals surface area (Å²) < 4.78 is 7.63. The highest BCUT2D eigenvalue weighted by Crippen LogP contribution is 2.22. The van der Waals surface area contributed by atoms with Crippen LogP contribution in [0.1, 0.15) is 38.0 Å². The molecular weight excluding hydrogens is 408 g/mol. The van der Waals surface area contributed by atoms with E-state index >= 15 is 0 Å². The second-order valence-electron chi connectivity index (χ2n) is 9.73. The summed E-state index contributed by atoms with van der Waals surface area (Å²) in [5, 5.41) is 5.57. The van der Waals surface area contributed by atoms with Gasteiger partial charge in [-0.15, -0.1) is 0 Å². The Morgan fingerprint density at radius 2 is 1.91 bits per heavy atom. The highest BCUT2D eigenvalue weighted by molar-refractivity contribution is 5.88. The number of hydrogen-bond acceptors (Lipinski definition) is 6. The SMILES string of the molecule is CNC(=O)[C@@H](NC(=O)Cc1nc(/C=C/CN2CCOCC2)n2c1CN(C)CC2)C(C)(C)C. The van der Waals surface area contributed by atoms with Crippen LogP contribution < -0.4 is 10.6 Å². The molecule has 0 bridgehead atoms. The van der Waals surface area contributed by atoms with Gasteiger partial charge in [-0.1, -0.05) is 26.8 Å². The van der Waals surface area contributed by atoms with Gasteiger partial charge in [-0.25, -0.2) is 4.98 Å². The minimum absolute atomic E-state index is 0.157. The fourth-order valence-corrected chi connectivity index (χ4v) is 4.13. The largest absolute Gasteiger partial charge is 0.379 e. The minimum Gasteiger partial charge on any atom is -0.379 e. The quantitative estimate of drug-likeness (QED) is 0.634. The number of carbonyl (C=O) groups excluding carboxylic acids is 2. The molecule has 3 heterocycles. The predicted octanol–water partition coefficient (Wildman–Crippen LogP) is 0.493.